The first-order valence-corrected chi connectivity index (χ1v) is 11.1. The van der Waals surface area contributed by atoms with Crippen LogP contribution >= 0.6 is 0 Å². The molecule has 1 fully saturated rings. The van der Waals surface area contributed by atoms with E-state index < -0.39 is 28.5 Å². The van der Waals surface area contributed by atoms with Crippen molar-refractivity contribution < 1.29 is 22.4 Å². The van der Waals surface area contributed by atoms with E-state index in [-0.39, 0.29) is 11.4 Å². The molecule has 0 aliphatic carbocycles. The molecule has 1 aliphatic heterocycles. The minimum atomic E-state index is -4.20. The average molecular weight is 435 g/mol. The van der Waals surface area contributed by atoms with Crippen LogP contribution in [0.2, 0.25) is 0 Å². The highest BCUT2D eigenvalue weighted by Gasteiger charge is 2.35. The van der Waals surface area contributed by atoms with E-state index in [2.05, 4.69) is 10.2 Å². The van der Waals surface area contributed by atoms with Gasteiger partial charge in [0.15, 0.2) is 0 Å². The molecule has 0 radical (unpaired) electrons. The third-order valence-corrected chi connectivity index (χ3v) is 6.66. The molecule has 9 nitrogen and oxygen atoms in total. The van der Waals surface area contributed by atoms with Gasteiger partial charge in [0, 0.05) is 26.2 Å². The topological polar surface area (TPSA) is 103 Å². The summed E-state index contributed by atoms with van der Waals surface area (Å²) in [6, 6.07) is 8.87. The van der Waals surface area contributed by atoms with Gasteiger partial charge in [-0.15, -0.1) is 0 Å². The van der Waals surface area contributed by atoms with E-state index in [0.29, 0.717) is 36.2 Å². The summed E-state index contributed by atoms with van der Waals surface area (Å²) in [5, 5.41) is 2.60. The number of benzene rings is 1. The summed E-state index contributed by atoms with van der Waals surface area (Å²) in [6.07, 6.45) is 1.48. The Balaban J connectivity index is 1.81. The lowest BCUT2D eigenvalue weighted by Crippen LogP contribution is -2.54. The molecular formula is C20H26N4O5S. The van der Waals surface area contributed by atoms with Crippen LogP contribution in [0.15, 0.2) is 52.0 Å². The second-order valence-electron chi connectivity index (χ2n) is 7.25. The van der Waals surface area contributed by atoms with Gasteiger partial charge in [-0.3, -0.25) is 4.79 Å². The monoisotopic (exact) mass is 434 g/mol. The van der Waals surface area contributed by atoms with Gasteiger partial charge in [-0.1, -0.05) is 17.7 Å². The number of amides is 3. The fourth-order valence-electron chi connectivity index (χ4n) is 3.03. The molecule has 162 valence electrons. The molecule has 0 bridgehead atoms. The van der Waals surface area contributed by atoms with E-state index in [4.69, 9.17) is 4.42 Å². The smallest absolute Gasteiger partial charge is 0.334 e. The number of rotatable bonds is 6. The van der Waals surface area contributed by atoms with Crippen LogP contribution in [0.25, 0.3) is 0 Å². The molecule has 30 heavy (non-hydrogen) atoms. The first kappa shape index (κ1) is 21.8. The third-order valence-electron chi connectivity index (χ3n) is 4.92. The molecule has 0 saturated carbocycles. The van der Waals surface area contributed by atoms with Crippen LogP contribution in [0, 0.1) is 6.92 Å². The second-order valence-corrected chi connectivity index (χ2v) is 9.12. The molecule has 0 atom stereocenters. The number of sulfonamides is 1. The number of furan rings is 1. The molecule has 2 aromatic rings. The van der Waals surface area contributed by atoms with E-state index in [9.17, 15) is 18.0 Å². The first-order valence-electron chi connectivity index (χ1n) is 9.63. The van der Waals surface area contributed by atoms with Gasteiger partial charge in [-0.05, 0) is 38.2 Å². The van der Waals surface area contributed by atoms with Gasteiger partial charge in [0.1, 0.15) is 12.3 Å². The highest BCUT2D eigenvalue weighted by molar-refractivity contribution is 7.89. The molecule has 2 heterocycles. The molecule has 0 unspecified atom stereocenters. The number of likely N-dealkylation sites (N-methyl/N-ethyl adjacent to an activating group) is 1. The van der Waals surface area contributed by atoms with Crippen LogP contribution in [0.4, 0.5) is 4.79 Å². The minimum Gasteiger partial charge on any atom is -0.467 e. The number of piperazine rings is 1. The maximum atomic E-state index is 13.2. The van der Waals surface area contributed by atoms with Crippen LogP contribution in [-0.4, -0.2) is 74.2 Å². The van der Waals surface area contributed by atoms with Gasteiger partial charge < -0.3 is 19.5 Å². The summed E-state index contributed by atoms with van der Waals surface area (Å²) < 4.78 is 32.3. The van der Waals surface area contributed by atoms with E-state index in [1.165, 1.54) is 23.3 Å². The molecule has 10 heteroatoms. The Bertz CT molecular complexity index is 965. The number of carbonyl (C=O) groups is 2. The van der Waals surface area contributed by atoms with Gasteiger partial charge in [0.25, 0.3) is 10.0 Å². The third kappa shape index (κ3) is 5.19. The van der Waals surface area contributed by atoms with Gasteiger partial charge in [0.05, 0.1) is 17.7 Å². The molecule has 1 N–H and O–H groups in total. The Kier molecular flexibility index (Phi) is 6.78. The summed E-state index contributed by atoms with van der Waals surface area (Å²) >= 11 is 0. The summed E-state index contributed by atoms with van der Waals surface area (Å²) in [5.41, 5.74) is 0.891. The van der Waals surface area contributed by atoms with Crippen molar-refractivity contribution in [3.8, 4) is 0 Å². The second kappa shape index (κ2) is 9.31. The number of nitrogens with zero attached hydrogens (tertiary/aromatic N) is 3. The van der Waals surface area contributed by atoms with Gasteiger partial charge in [0.2, 0.25) is 5.91 Å². The quantitative estimate of drug-likeness (QED) is 0.734. The van der Waals surface area contributed by atoms with Crippen molar-refractivity contribution in [1.82, 2.24) is 19.4 Å². The van der Waals surface area contributed by atoms with Gasteiger partial charge >= 0.3 is 6.03 Å². The Morgan fingerprint density at radius 1 is 1.10 bits per heavy atom. The standard InChI is InChI=1S/C20H26N4O5S/c1-16-5-7-18(8-6-16)30(27,28)24(20(26)23-11-9-22(2)10-12-23)15-19(25)21-14-17-4-3-13-29-17/h3-8,13H,9-12,14-15H2,1-2H3,(H,21,25). The fraction of sp³-hybridized carbons (Fsp3) is 0.400. The van der Waals surface area contributed by atoms with Crippen LogP contribution in [0.1, 0.15) is 11.3 Å². The van der Waals surface area contributed by atoms with Crippen molar-refractivity contribution in [3.05, 3.63) is 54.0 Å². The molecule has 3 rings (SSSR count). The molecule has 3 amide bonds. The van der Waals surface area contributed by atoms with E-state index in [0.717, 1.165) is 5.56 Å². The molecular weight excluding hydrogens is 408 g/mol. The maximum Gasteiger partial charge on any atom is 0.334 e. The van der Waals surface area contributed by atoms with Crippen molar-refractivity contribution in [3.63, 3.8) is 0 Å². The van der Waals surface area contributed by atoms with Crippen molar-refractivity contribution in [2.24, 2.45) is 0 Å². The molecule has 1 saturated heterocycles. The number of aryl methyl sites for hydroxylation is 1. The van der Waals surface area contributed by atoms with Crippen LogP contribution < -0.4 is 5.32 Å². The average Bonchev–Trinajstić information content (AvgIpc) is 3.24. The number of nitrogens with one attached hydrogen (secondary N) is 1. The highest BCUT2D eigenvalue weighted by Crippen LogP contribution is 2.19. The zero-order chi connectivity index (χ0) is 21.7. The maximum absolute atomic E-state index is 13.2. The first-order chi connectivity index (χ1) is 14.3. The highest BCUT2D eigenvalue weighted by atomic mass is 32.2. The number of carbonyl (C=O) groups excluding carboxylic acids is 2. The molecule has 0 spiro atoms. The Labute approximate surface area is 176 Å². The lowest BCUT2D eigenvalue weighted by Gasteiger charge is -2.35. The Morgan fingerprint density at radius 3 is 2.37 bits per heavy atom. The number of hydrogen-bond acceptors (Lipinski definition) is 6. The molecule has 1 aromatic carbocycles. The Hall–Kier alpha value is -2.85. The summed E-state index contributed by atoms with van der Waals surface area (Å²) in [7, 11) is -2.27. The largest absolute Gasteiger partial charge is 0.467 e. The van der Waals surface area contributed by atoms with Crippen molar-refractivity contribution in [2.75, 3.05) is 39.8 Å². The van der Waals surface area contributed by atoms with Crippen LogP contribution in [0.3, 0.4) is 0 Å². The lowest BCUT2D eigenvalue weighted by molar-refractivity contribution is -0.121. The summed E-state index contributed by atoms with van der Waals surface area (Å²) in [4.78, 5) is 29.1. The lowest BCUT2D eigenvalue weighted by atomic mass is 10.2. The zero-order valence-electron chi connectivity index (χ0n) is 17.1. The zero-order valence-corrected chi connectivity index (χ0v) is 17.9. The van der Waals surface area contributed by atoms with E-state index >= 15 is 0 Å². The van der Waals surface area contributed by atoms with Crippen molar-refractivity contribution in [1.29, 1.82) is 0 Å². The van der Waals surface area contributed by atoms with Crippen LogP contribution in [0.5, 0.6) is 0 Å². The van der Waals surface area contributed by atoms with Gasteiger partial charge in [-0.25, -0.2) is 17.5 Å². The summed E-state index contributed by atoms with van der Waals surface area (Å²) in [6.45, 7) is 3.39. The fourth-order valence-corrected chi connectivity index (χ4v) is 4.38. The minimum absolute atomic E-state index is 0.0330. The molecule has 1 aromatic heterocycles. The molecule has 1 aliphatic rings. The summed E-state index contributed by atoms with van der Waals surface area (Å²) in [5.74, 6) is -0.0637. The normalized spacial score (nSPS) is 15.1. The SMILES string of the molecule is Cc1ccc(S(=O)(=O)N(CC(=O)NCc2ccco2)C(=O)N2CCN(C)CC2)cc1. The number of urea groups is 1. The van der Waals surface area contributed by atoms with Crippen molar-refractivity contribution >= 4 is 22.0 Å². The van der Waals surface area contributed by atoms with Gasteiger partial charge in [-0.2, -0.15) is 0 Å². The van der Waals surface area contributed by atoms with E-state index in [1.807, 2.05) is 14.0 Å². The predicted molar refractivity (Wildman–Crippen MR) is 110 cm³/mol. The number of hydrogen-bond donors (Lipinski definition) is 1. The van der Waals surface area contributed by atoms with E-state index in [1.54, 1.807) is 24.3 Å². The predicted octanol–water partition coefficient (Wildman–Crippen LogP) is 1.26. The Morgan fingerprint density at radius 2 is 1.77 bits per heavy atom. The van der Waals surface area contributed by atoms with Crippen LogP contribution in [-0.2, 0) is 21.4 Å². The van der Waals surface area contributed by atoms with Crippen molar-refractivity contribution in [2.45, 2.75) is 18.4 Å².